The largest absolute Gasteiger partial charge is 0.297 e. The molecule has 0 bridgehead atoms. The molecule has 2 rings (SSSR count). The second-order valence-electron chi connectivity index (χ2n) is 7.59. The average molecular weight is 265 g/mol. The van der Waals surface area contributed by atoms with Gasteiger partial charge in [0, 0.05) is 5.92 Å². The van der Waals surface area contributed by atoms with E-state index < -0.39 is 0 Å². The van der Waals surface area contributed by atoms with Crippen LogP contribution in [0, 0.1) is 17.8 Å². The van der Waals surface area contributed by atoms with Gasteiger partial charge in [0.2, 0.25) is 0 Å². The Balaban J connectivity index is 2.04. The lowest BCUT2D eigenvalue weighted by molar-refractivity contribution is -0.136. The van der Waals surface area contributed by atoms with Gasteiger partial charge in [-0.25, -0.2) is 0 Å². The molecule has 1 saturated carbocycles. The van der Waals surface area contributed by atoms with Crippen LogP contribution in [0.4, 0.5) is 0 Å². The van der Waals surface area contributed by atoms with Gasteiger partial charge in [0.25, 0.3) is 0 Å². The van der Waals surface area contributed by atoms with Crippen molar-refractivity contribution in [2.24, 2.45) is 17.8 Å². The van der Waals surface area contributed by atoms with Gasteiger partial charge in [0.1, 0.15) is 0 Å². The van der Waals surface area contributed by atoms with Crippen molar-refractivity contribution < 1.29 is 4.79 Å². The normalized spacial score (nSPS) is 34.2. The number of Topliss-reactive ketones (excluding diaryl/α,β-unsaturated/α-hetero) is 1. The summed E-state index contributed by atoms with van der Waals surface area (Å²) < 4.78 is 0. The molecular formula is C17H31NO. The maximum absolute atomic E-state index is 13.0. The molecule has 2 unspecified atom stereocenters. The molecule has 0 aromatic rings. The lowest BCUT2D eigenvalue weighted by Gasteiger charge is -2.43. The number of hydrogen-bond donors (Lipinski definition) is 0. The Labute approximate surface area is 118 Å². The van der Waals surface area contributed by atoms with Gasteiger partial charge in [-0.2, -0.15) is 0 Å². The third-order valence-electron chi connectivity index (χ3n) is 5.30. The summed E-state index contributed by atoms with van der Waals surface area (Å²) in [6.07, 6.45) is 7.37. The summed E-state index contributed by atoms with van der Waals surface area (Å²) in [6.45, 7) is 11.1. The predicted molar refractivity (Wildman–Crippen MR) is 80.2 cm³/mol. The van der Waals surface area contributed by atoms with E-state index >= 15 is 0 Å². The van der Waals surface area contributed by atoms with Gasteiger partial charge in [-0.3, -0.25) is 9.69 Å². The molecule has 2 atom stereocenters. The van der Waals surface area contributed by atoms with Crippen molar-refractivity contribution in [3.05, 3.63) is 0 Å². The molecule has 2 aliphatic rings. The van der Waals surface area contributed by atoms with E-state index in [0.717, 1.165) is 37.8 Å². The topological polar surface area (TPSA) is 20.3 Å². The molecule has 2 fully saturated rings. The number of ketones is 1. The first kappa shape index (κ1) is 15.0. The van der Waals surface area contributed by atoms with Crippen LogP contribution < -0.4 is 0 Å². The first-order valence-electron chi connectivity index (χ1n) is 8.20. The number of hydrogen-bond acceptors (Lipinski definition) is 2. The summed E-state index contributed by atoms with van der Waals surface area (Å²) in [5.74, 6) is 2.24. The van der Waals surface area contributed by atoms with Gasteiger partial charge in [-0.05, 0) is 70.9 Å². The van der Waals surface area contributed by atoms with Crippen LogP contribution in [0.3, 0.4) is 0 Å². The Hall–Kier alpha value is -0.370. The van der Waals surface area contributed by atoms with Crippen LogP contribution in [0.5, 0.6) is 0 Å². The summed E-state index contributed by atoms with van der Waals surface area (Å²) in [6, 6.07) is 0. The fraction of sp³-hybridized carbons (Fsp3) is 0.941. The molecule has 0 radical (unpaired) electrons. The summed E-state index contributed by atoms with van der Waals surface area (Å²) in [5, 5.41) is 0. The van der Waals surface area contributed by atoms with Crippen LogP contribution in [-0.2, 0) is 4.79 Å². The summed E-state index contributed by atoms with van der Waals surface area (Å²) in [5.41, 5.74) is -0.248. The number of rotatable bonds is 3. The van der Waals surface area contributed by atoms with Gasteiger partial charge in [0.15, 0.2) is 5.78 Å². The van der Waals surface area contributed by atoms with E-state index in [1.54, 1.807) is 0 Å². The fourth-order valence-electron chi connectivity index (χ4n) is 4.27. The molecule has 19 heavy (non-hydrogen) atoms. The smallest absolute Gasteiger partial charge is 0.155 e. The molecule has 2 heteroatoms. The monoisotopic (exact) mass is 265 g/mol. The van der Waals surface area contributed by atoms with Crippen molar-refractivity contribution in [1.82, 2.24) is 4.90 Å². The number of likely N-dealkylation sites (tertiary alicyclic amines) is 1. The standard InChI is InChI=1S/C17H31NO/c1-13-10-14(2)12-15(11-13)16(19)17(3,4)18-8-6-5-7-9-18/h13-15H,5-12H2,1-4H3. The van der Waals surface area contributed by atoms with Crippen LogP contribution in [0.2, 0.25) is 0 Å². The van der Waals surface area contributed by atoms with E-state index in [1.165, 1.54) is 25.7 Å². The molecule has 0 spiro atoms. The third kappa shape index (κ3) is 3.39. The third-order valence-corrected chi connectivity index (χ3v) is 5.30. The maximum atomic E-state index is 13.0. The second kappa shape index (κ2) is 5.95. The van der Waals surface area contributed by atoms with Gasteiger partial charge in [-0.1, -0.05) is 20.3 Å². The number of carbonyl (C=O) groups excluding carboxylic acids is 1. The van der Waals surface area contributed by atoms with Crippen LogP contribution >= 0.6 is 0 Å². The minimum atomic E-state index is -0.248. The molecular weight excluding hydrogens is 234 g/mol. The number of nitrogens with zero attached hydrogens (tertiary/aromatic N) is 1. The van der Waals surface area contributed by atoms with Gasteiger partial charge >= 0.3 is 0 Å². The Morgan fingerprint density at radius 1 is 0.947 bits per heavy atom. The molecule has 0 N–H and O–H groups in total. The average Bonchev–Trinajstić information content (AvgIpc) is 2.37. The van der Waals surface area contributed by atoms with E-state index in [9.17, 15) is 4.79 Å². The minimum absolute atomic E-state index is 0.248. The summed E-state index contributed by atoms with van der Waals surface area (Å²) >= 11 is 0. The van der Waals surface area contributed by atoms with E-state index in [-0.39, 0.29) is 5.54 Å². The van der Waals surface area contributed by atoms with E-state index in [4.69, 9.17) is 0 Å². The highest BCUT2D eigenvalue weighted by Gasteiger charge is 2.40. The zero-order valence-corrected chi connectivity index (χ0v) is 13.2. The first-order valence-corrected chi connectivity index (χ1v) is 8.20. The minimum Gasteiger partial charge on any atom is -0.297 e. The van der Waals surface area contributed by atoms with Crippen molar-refractivity contribution >= 4 is 5.78 Å². The highest BCUT2D eigenvalue weighted by molar-refractivity contribution is 5.89. The van der Waals surface area contributed by atoms with Crippen molar-refractivity contribution in [3.63, 3.8) is 0 Å². The molecule has 1 aliphatic carbocycles. The van der Waals surface area contributed by atoms with Crippen molar-refractivity contribution in [3.8, 4) is 0 Å². The molecule has 1 saturated heterocycles. The van der Waals surface area contributed by atoms with E-state index in [1.807, 2.05) is 0 Å². The van der Waals surface area contributed by atoms with Crippen LogP contribution in [0.1, 0.15) is 66.2 Å². The van der Waals surface area contributed by atoms with Crippen molar-refractivity contribution in [1.29, 1.82) is 0 Å². The lowest BCUT2D eigenvalue weighted by atomic mass is 9.71. The van der Waals surface area contributed by atoms with Crippen LogP contribution in [0.15, 0.2) is 0 Å². The molecule has 1 aliphatic heterocycles. The number of piperidine rings is 1. The van der Waals surface area contributed by atoms with Crippen LogP contribution in [-0.4, -0.2) is 29.3 Å². The summed E-state index contributed by atoms with van der Waals surface area (Å²) in [7, 11) is 0. The van der Waals surface area contributed by atoms with Crippen LogP contribution in [0.25, 0.3) is 0 Å². The quantitative estimate of drug-likeness (QED) is 0.771. The molecule has 1 heterocycles. The Kier molecular flexibility index (Phi) is 4.70. The fourth-order valence-corrected chi connectivity index (χ4v) is 4.27. The molecule has 0 aromatic carbocycles. The first-order chi connectivity index (χ1) is 8.91. The molecule has 0 aromatic heterocycles. The van der Waals surface area contributed by atoms with E-state index in [0.29, 0.717) is 11.7 Å². The van der Waals surface area contributed by atoms with E-state index in [2.05, 4.69) is 32.6 Å². The Morgan fingerprint density at radius 2 is 1.47 bits per heavy atom. The Morgan fingerprint density at radius 3 is 2.00 bits per heavy atom. The maximum Gasteiger partial charge on any atom is 0.155 e. The summed E-state index contributed by atoms with van der Waals surface area (Å²) in [4.78, 5) is 15.4. The van der Waals surface area contributed by atoms with Crippen molar-refractivity contribution in [2.75, 3.05) is 13.1 Å². The molecule has 2 nitrogen and oxygen atoms in total. The Bertz CT molecular complexity index is 307. The highest BCUT2D eigenvalue weighted by Crippen LogP contribution is 2.36. The zero-order valence-electron chi connectivity index (χ0n) is 13.2. The second-order valence-corrected chi connectivity index (χ2v) is 7.59. The van der Waals surface area contributed by atoms with Gasteiger partial charge < -0.3 is 0 Å². The van der Waals surface area contributed by atoms with Gasteiger partial charge in [-0.15, -0.1) is 0 Å². The molecule has 0 amide bonds. The molecule has 110 valence electrons. The lowest BCUT2D eigenvalue weighted by Crippen LogP contribution is -2.54. The van der Waals surface area contributed by atoms with Gasteiger partial charge in [0.05, 0.1) is 5.54 Å². The number of carbonyl (C=O) groups is 1. The SMILES string of the molecule is CC1CC(C)CC(C(=O)C(C)(C)N2CCCCC2)C1. The zero-order chi connectivity index (χ0) is 14.0. The van der Waals surface area contributed by atoms with Crippen molar-refractivity contribution in [2.45, 2.75) is 71.8 Å². The predicted octanol–water partition coefficient (Wildman–Crippen LogP) is 3.89. The highest BCUT2D eigenvalue weighted by atomic mass is 16.1.